The summed E-state index contributed by atoms with van der Waals surface area (Å²) in [5, 5.41) is 0. The summed E-state index contributed by atoms with van der Waals surface area (Å²) in [6.45, 7) is 10.1. The maximum atomic E-state index is 12.7. The van der Waals surface area contributed by atoms with E-state index in [9.17, 15) is 4.79 Å². The van der Waals surface area contributed by atoms with Crippen molar-refractivity contribution in [3.63, 3.8) is 0 Å². The molecule has 1 aliphatic heterocycles. The van der Waals surface area contributed by atoms with Crippen molar-refractivity contribution < 1.29 is 9.53 Å². The van der Waals surface area contributed by atoms with Gasteiger partial charge in [0.2, 0.25) is 0 Å². The number of amides is 1. The van der Waals surface area contributed by atoms with Crippen LogP contribution < -0.4 is 0 Å². The highest BCUT2D eigenvalue weighted by atomic mass is 16.6. The van der Waals surface area contributed by atoms with Gasteiger partial charge in [-0.2, -0.15) is 0 Å². The second kappa shape index (κ2) is 5.84. The fraction of sp³-hybridized carbons (Fsp3) is 0.778. The summed E-state index contributed by atoms with van der Waals surface area (Å²) in [7, 11) is 0. The average molecular weight is 319 g/mol. The van der Waals surface area contributed by atoms with Gasteiger partial charge in [-0.3, -0.25) is 4.90 Å². The summed E-state index contributed by atoms with van der Waals surface area (Å²) in [5.41, 5.74) is 1.98. The molecule has 0 radical (unpaired) electrons. The second-order valence-electron chi connectivity index (χ2n) is 8.11. The summed E-state index contributed by atoms with van der Waals surface area (Å²) in [6.07, 6.45) is 5.10. The van der Waals surface area contributed by atoms with E-state index >= 15 is 0 Å². The molecule has 0 spiro atoms. The molecule has 1 saturated heterocycles. The van der Waals surface area contributed by atoms with E-state index in [-0.39, 0.29) is 18.2 Å². The number of aromatic nitrogens is 2. The minimum Gasteiger partial charge on any atom is -0.444 e. The number of likely N-dealkylation sites (tertiary alicyclic amines) is 1. The van der Waals surface area contributed by atoms with Crippen molar-refractivity contribution in [2.24, 2.45) is 0 Å². The van der Waals surface area contributed by atoms with Crippen LogP contribution in [0.3, 0.4) is 0 Å². The lowest BCUT2D eigenvalue weighted by Gasteiger charge is -2.40. The molecule has 3 unspecified atom stereocenters. The highest BCUT2D eigenvalue weighted by Crippen LogP contribution is 2.37. The number of piperidine rings is 1. The molecule has 0 saturated carbocycles. The molecule has 1 aliphatic carbocycles. The Morgan fingerprint density at radius 1 is 1.26 bits per heavy atom. The summed E-state index contributed by atoms with van der Waals surface area (Å²) < 4.78 is 5.64. The van der Waals surface area contributed by atoms with Gasteiger partial charge in [0.15, 0.2) is 0 Å². The van der Waals surface area contributed by atoms with Crippen molar-refractivity contribution in [2.75, 3.05) is 0 Å². The number of aryl methyl sites for hydroxylation is 1. The lowest BCUT2D eigenvalue weighted by Crippen LogP contribution is -2.46. The Morgan fingerprint density at radius 3 is 2.65 bits per heavy atom. The number of H-pyrrole nitrogens is 1. The molecule has 1 fully saturated rings. The summed E-state index contributed by atoms with van der Waals surface area (Å²) in [6, 6.07) is 0.187. The molecule has 1 amide bonds. The Labute approximate surface area is 138 Å². The molecule has 1 aromatic heterocycles. The molecule has 2 heterocycles. The van der Waals surface area contributed by atoms with Crippen LogP contribution in [0.15, 0.2) is 0 Å². The predicted octanol–water partition coefficient (Wildman–Crippen LogP) is 4.31. The first-order chi connectivity index (χ1) is 10.8. The van der Waals surface area contributed by atoms with E-state index in [1.54, 1.807) is 0 Å². The monoisotopic (exact) mass is 319 g/mol. The van der Waals surface area contributed by atoms with E-state index in [4.69, 9.17) is 9.72 Å². The normalized spacial score (nSPS) is 27.9. The van der Waals surface area contributed by atoms with Gasteiger partial charge in [0.25, 0.3) is 0 Å². The fourth-order valence-electron chi connectivity index (χ4n) is 3.78. The van der Waals surface area contributed by atoms with Gasteiger partial charge in [0.1, 0.15) is 11.4 Å². The Bertz CT molecular complexity index is 588. The van der Waals surface area contributed by atoms with E-state index < -0.39 is 5.60 Å². The molecule has 0 bridgehead atoms. The van der Waals surface area contributed by atoms with Gasteiger partial charge in [-0.05, 0) is 59.8 Å². The molecule has 23 heavy (non-hydrogen) atoms. The molecule has 2 aliphatic rings. The van der Waals surface area contributed by atoms with Gasteiger partial charge >= 0.3 is 6.09 Å². The number of nitrogens with one attached hydrogen (secondary N) is 1. The standard InChI is InChI=1S/C18H29N3O2/c1-11-9-10-13-15(11)20-16(19-13)14-8-6-7-12(2)21(14)17(22)23-18(3,4)5/h11-12,14H,6-10H2,1-5H3,(H,19,20). The van der Waals surface area contributed by atoms with Gasteiger partial charge in [0, 0.05) is 17.7 Å². The van der Waals surface area contributed by atoms with Crippen molar-refractivity contribution in [1.82, 2.24) is 14.9 Å². The van der Waals surface area contributed by atoms with Crippen molar-refractivity contribution in [3.05, 3.63) is 17.2 Å². The molecule has 5 nitrogen and oxygen atoms in total. The minimum absolute atomic E-state index is 0.00593. The van der Waals surface area contributed by atoms with Crippen LogP contribution in [0.1, 0.15) is 89.5 Å². The smallest absolute Gasteiger partial charge is 0.411 e. The number of fused-ring (bicyclic) bond motifs is 1. The van der Waals surface area contributed by atoms with Crippen molar-refractivity contribution in [1.29, 1.82) is 0 Å². The molecule has 128 valence electrons. The molecule has 3 rings (SSSR count). The van der Waals surface area contributed by atoms with E-state index in [2.05, 4.69) is 18.8 Å². The molecule has 1 N–H and O–H groups in total. The lowest BCUT2D eigenvalue weighted by atomic mass is 9.96. The van der Waals surface area contributed by atoms with Gasteiger partial charge in [0.05, 0.1) is 11.7 Å². The molecule has 1 aromatic rings. The van der Waals surface area contributed by atoms with Crippen molar-refractivity contribution >= 4 is 6.09 Å². The summed E-state index contributed by atoms with van der Waals surface area (Å²) >= 11 is 0. The number of hydrogen-bond donors (Lipinski definition) is 1. The number of hydrogen-bond acceptors (Lipinski definition) is 3. The molecular weight excluding hydrogens is 290 g/mol. The Morgan fingerprint density at radius 2 is 2.00 bits per heavy atom. The first-order valence-corrected chi connectivity index (χ1v) is 8.86. The first kappa shape index (κ1) is 16.3. The van der Waals surface area contributed by atoms with Crippen LogP contribution in [0, 0.1) is 0 Å². The number of carbonyl (C=O) groups is 1. The highest BCUT2D eigenvalue weighted by molar-refractivity contribution is 5.69. The van der Waals surface area contributed by atoms with Gasteiger partial charge in [-0.25, -0.2) is 9.78 Å². The Kier molecular flexibility index (Phi) is 4.15. The second-order valence-corrected chi connectivity index (χ2v) is 8.11. The van der Waals surface area contributed by atoms with Crippen LogP contribution in [0.25, 0.3) is 0 Å². The van der Waals surface area contributed by atoms with Gasteiger partial charge < -0.3 is 9.72 Å². The number of nitrogens with zero attached hydrogens (tertiary/aromatic N) is 2. The third kappa shape index (κ3) is 3.24. The topological polar surface area (TPSA) is 58.2 Å². The zero-order valence-electron chi connectivity index (χ0n) is 15.0. The molecular formula is C18H29N3O2. The largest absolute Gasteiger partial charge is 0.444 e. The zero-order chi connectivity index (χ0) is 16.8. The minimum atomic E-state index is -0.474. The maximum absolute atomic E-state index is 12.7. The number of carbonyl (C=O) groups excluding carboxylic acids is 1. The summed E-state index contributed by atoms with van der Waals surface area (Å²) in [5.74, 6) is 1.46. The van der Waals surface area contributed by atoms with Gasteiger partial charge in [-0.1, -0.05) is 6.92 Å². The number of aromatic amines is 1. The molecule has 0 aromatic carbocycles. The van der Waals surface area contributed by atoms with Crippen molar-refractivity contribution in [2.45, 2.75) is 90.3 Å². The molecule has 5 heteroatoms. The van der Waals surface area contributed by atoms with Gasteiger partial charge in [-0.15, -0.1) is 0 Å². The first-order valence-electron chi connectivity index (χ1n) is 8.86. The maximum Gasteiger partial charge on any atom is 0.411 e. The molecule has 3 atom stereocenters. The van der Waals surface area contributed by atoms with Crippen LogP contribution in [0.4, 0.5) is 4.79 Å². The number of ether oxygens (including phenoxy) is 1. The van der Waals surface area contributed by atoms with E-state index in [1.807, 2.05) is 25.7 Å². The third-order valence-corrected chi connectivity index (χ3v) is 4.95. The lowest BCUT2D eigenvalue weighted by molar-refractivity contribution is -0.00449. The van der Waals surface area contributed by atoms with Crippen LogP contribution in [-0.2, 0) is 11.2 Å². The van der Waals surface area contributed by atoms with E-state index in [0.29, 0.717) is 5.92 Å². The van der Waals surface area contributed by atoms with Crippen LogP contribution in [0.2, 0.25) is 0 Å². The summed E-state index contributed by atoms with van der Waals surface area (Å²) in [4.78, 5) is 23.0. The zero-order valence-corrected chi connectivity index (χ0v) is 15.0. The van der Waals surface area contributed by atoms with E-state index in [0.717, 1.165) is 31.5 Å². The Hall–Kier alpha value is -1.52. The highest BCUT2D eigenvalue weighted by Gasteiger charge is 2.38. The van der Waals surface area contributed by atoms with Crippen molar-refractivity contribution in [3.8, 4) is 0 Å². The van der Waals surface area contributed by atoms with Crippen LogP contribution in [-0.4, -0.2) is 32.6 Å². The van der Waals surface area contributed by atoms with Crippen LogP contribution >= 0.6 is 0 Å². The fourth-order valence-corrected chi connectivity index (χ4v) is 3.78. The third-order valence-electron chi connectivity index (χ3n) is 4.95. The number of imidazole rings is 1. The quantitative estimate of drug-likeness (QED) is 0.839. The average Bonchev–Trinajstić information content (AvgIpc) is 2.99. The Balaban J connectivity index is 1.86. The predicted molar refractivity (Wildman–Crippen MR) is 89.5 cm³/mol. The number of rotatable bonds is 1. The SMILES string of the molecule is CC1CCc2[nH]c(C3CCCC(C)N3C(=O)OC(C)(C)C)nc21. The van der Waals surface area contributed by atoms with E-state index in [1.165, 1.54) is 17.8 Å². The van der Waals surface area contributed by atoms with Crippen LogP contribution in [0.5, 0.6) is 0 Å².